The number of fused-ring (bicyclic) bond motifs is 1. The predicted octanol–water partition coefficient (Wildman–Crippen LogP) is 4.79. The molecule has 0 spiro atoms. The van der Waals surface area contributed by atoms with Crippen molar-refractivity contribution in [3.8, 4) is 17.2 Å². The number of rotatable bonds is 6. The van der Waals surface area contributed by atoms with Gasteiger partial charge >= 0.3 is 0 Å². The normalized spacial score (nSPS) is 13.9. The quantitative estimate of drug-likeness (QED) is 0.530. The average Bonchev–Trinajstić information content (AvgIpc) is 3.25. The van der Waals surface area contributed by atoms with Crippen LogP contribution in [0.5, 0.6) is 17.2 Å². The zero-order chi connectivity index (χ0) is 22.5. The molecule has 4 rings (SSSR count). The van der Waals surface area contributed by atoms with Crippen LogP contribution in [0.15, 0.2) is 65.7 Å². The SMILES string of the molecule is COc1ccc(NC(=O)/C=C/c2csc(/C=C3\Oc4ccccc4NC3=O)c2)cc1OC. The second-order valence-electron chi connectivity index (χ2n) is 6.74. The number of anilines is 2. The highest BCUT2D eigenvalue weighted by atomic mass is 32.1. The van der Waals surface area contributed by atoms with Crippen LogP contribution >= 0.6 is 11.3 Å². The van der Waals surface area contributed by atoms with Gasteiger partial charge < -0.3 is 24.8 Å². The Bertz CT molecular complexity index is 1230. The second kappa shape index (κ2) is 9.40. The summed E-state index contributed by atoms with van der Waals surface area (Å²) in [6.45, 7) is 0. The van der Waals surface area contributed by atoms with Crippen molar-refractivity contribution in [2.45, 2.75) is 0 Å². The van der Waals surface area contributed by atoms with E-state index in [-0.39, 0.29) is 17.6 Å². The number of carbonyl (C=O) groups excluding carboxylic acids is 2. The summed E-state index contributed by atoms with van der Waals surface area (Å²) in [5, 5.41) is 7.48. The lowest BCUT2D eigenvalue weighted by Gasteiger charge is -2.19. The van der Waals surface area contributed by atoms with Crippen molar-refractivity contribution in [3.63, 3.8) is 0 Å². The summed E-state index contributed by atoms with van der Waals surface area (Å²) in [6, 6.07) is 14.3. The molecular weight excluding hydrogens is 428 g/mol. The van der Waals surface area contributed by atoms with Crippen molar-refractivity contribution in [1.82, 2.24) is 0 Å². The molecule has 8 heteroatoms. The largest absolute Gasteiger partial charge is 0.493 e. The number of hydrogen-bond donors (Lipinski definition) is 2. The molecule has 7 nitrogen and oxygen atoms in total. The summed E-state index contributed by atoms with van der Waals surface area (Å²) in [5.41, 5.74) is 2.07. The molecule has 1 aliphatic rings. The minimum absolute atomic E-state index is 0.215. The Labute approximate surface area is 188 Å². The Kier molecular flexibility index (Phi) is 6.23. The smallest absolute Gasteiger partial charge is 0.291 e. The molecule has 0 saturated carbocycles. The topological polar surface area (TPSA) is 85.9 Å². The number of thiophene rings is 1. The molecule has 0 saturated heterocycles. The van der Waals surface area contributed by atoms with Crippen LogP contribution in [-0.2, 0) is 9.59 Å². The molecule has 32 heavy (non-hydrogen) atoms. The van der Waals surface area contributed by atoms with Crippen LogP contribution in [-0.4, -0.2) is 26.0 Å². The number of ether oxygens (including phenoxy) is 3. The van der Waals surface area contributed by atoms with E-state index >= 15 is 0 Å². The molecule has 0 fully saturated rings. The summed E-state index contributed by atoms with van der Waals surface area (Å²) in [7, 11) is 3.09. The zero-order valence-electron chi connectivity index (χ0n) is 17.4. The summed E-state index contributed by atoms with van der Waals surface area (Å²) in [6.07, 6.45) is 4.82. The standard InChI is InChI=1S/C24H20N2O5S/c1-29-20-9-8-16(12-21(20)30-2)25-23(27)10-7-15-11-17(32-14-15)13-22-24(28)26-18-5-3-4-6-19(18)31-22/h3-14H,1-2H3,(H,25,27)(H,26,28)/b10-7+,22-13-. The number of para-hydroxylation sites is 2. The van der Waals surface area contributed by atoms with Gasteiger partial charge in [0.2, 0.25) is 5.91 Å². The van der Waals surface area contributed by atoms with Gasteiger partial charge in [-0.2, -0.15) is 0 Å². The Hall–Kier alpha value is -4.04. The van der Waals surface area contributed by atoms with Crippen LogP contribution in [0, 0.1) is 0 Å². The molecule has 3 aromatic rings. The van der Waals surface area contributed by atoms with Gasteiger partial charge in [0.05, 0.1) is 19.9 Å². The molecule has 162 valence electrons. The minimum atomic E-state index is -0.302. The van der Waals surface area contributed by atoms with Gasteiger partial charge in [0, 0.05) is 28.8 Å². The zero-order valence-corrected chi connectivity index (χ0v) is 18.2. The number of amides is 2. The van der Waals surface area contributed by atoms with Gasteiger partial charge in [0.25, 0.3) is 5.91 Å². The molecule has 2 N–H and O–H groups in total. The minimum Gasteiger partial charge on any atom is -0.493 e. The summed E-state index contributed by atoms with van der Waals surface area (Å²) in [5.74, 6) is 1.34. The van der Waals surface area contributed by atoms with Crippen LogP contribution in [0.3, 0.4) is 0 Å². The highest BCUT2D eigenvalue weighted by Gasteiger charge is 2.21. The first-order valence-electron chi connectivity index (χ1n) is 9.65. The Morgan fingerprint density at radius 3 is 2.72 bits per heavy atom. The molecular formula is C24H20N2O5S. The maximum Gasteiger partial charge on any atom is 0.291 e. The van der Waals surface area contributed by atoms with E-state index < -0.39 is 0 Å². The van der Waals surface area contributed by atoms with Crippen molar-refractivity contribution < 1.29 is 23.8 Å². The lowest BCUT2D eigenvalue weighted by atomic mass is 10.2. The van der Waals surface area contributed by atoms with Gasteiger partial charge in [-0.05, 0) is 47.4 Å². The van der Waals surface area contributed by atoms with E-state index in [0.717, 1.165) is 10.4 Å². The number of hydrogen-bond acceptors (Lipinski definition) is 6. The first-order valence-corrected chi connectivity index (χ1v) is 10.5. The van der Waals surface area contributed by atoms with Crippen molar-refractivity contribution in [1.29, 1.82) is 0 Å². The van der Waals surface area contributed by atoms with E-state index in [2.05, 4.69) is 10.6 Å². The molecule has 0 radical (unpaired) electrons. The molecule has 0 atom stereocenters. The third kappa shape index (κ3) is 4.81. The fourth-order valence-corrected chi connectivity index (χ4v) is 3.83. The van der Waals surface area contributed by atoms with Crippen molar-refractivity contribution in [2.75, 3.05) is 24.9 Å². The van der Waals surface area contributed by atoms with Gasteiger partial charge in [-0.15, -0.1) is 11.3 Å². The molecule has 2 heterocycles. The summed E-state index contributed by atoms with van der Waals surface area (Å²) in [4.78, 5) is 25.4. The predicted molar refractivity (Wildman–Crippen MR) is 125 cm³/mol. The third-order valence-electron chi connectivity index (χ3n) is 4.57. The van der Waals surface area contributed by atoms with E-state index in [4.69, 9.17) is 14.2 Å². The van der Waals surface area contributed by atoms with E-state index in [1.807, 2.05) is 23.6 Å². The molecule has 1 aliphatic heterocycles. The van der Waals surface area contributed by atoms with E-state index in [1.165, 1.54) is 24.5 Å². The first kappa shape index (κ1) is 21.2. The fourth-order valence-electron chi connectivity index (χ4n) is 3.03. The van der Waals surface area contributed by atoms with Crippen LogP contribution < -0.4 is 24.8 Å². The van der Waals surface area contributed by atoms with Crippen LogP contribution in [0.2, 0.25) is 0 Å². The monoisotopic (exact) mass is 448 g/mol. The van der Waals surface area contributed by atoms with Crippen LogP contribution in [0.4, 0.5) is 11.4 Å². The molecule has 2 amide bonds. The summed E-state index contributed by atoms with van der Waals surface area (Å²) >= 11 is 1.44. The molecule has 0 bridgehead atoms. The molecule has 2 aromatic carbocycles. The Balaban J connectivity index is 1.41. The van der Waals surface area contributed by atoms with Gasteiger partial charge in [-0.3, -0.25) is 9.59 Å². The van der Waals surface area contributed by atoms with Gasteiger partial charge in [-0.1, -0.05) is 12.1 Å². The number of carbonyl (C=O) groups is 2. The third-order valence-corrected chi connectivity index (χ3v) is 5.47. The van der Waals surface area contributed by atoms with Crippen molar-refractivity contribution in [2.24, 2.45) is 0 Å². The van der Waals surface area contributed by atoms with Gasteiger partial charge in [0.1, 0.15) is 0 Å². The Morgan fingerprint density at radius 2 is 1.91 bits per heavy atom. The molecule has 1 aromatic heterocycles. The molecule has 0 unspecified atom stereocenters. The maximum absolute atomic E-state index is 12.3. The van der Waals surface area contributed by atoms with E-state index in [1.54, 1.807) is 49.6 Å². The lowest BCUT2D eigenvalue weighted by molar-refractivity contribution is -0.115. The average molecular weight is 449 g/mol. The number of benzene rings is 2. The summed E-state index contributed by atoms with van der Waals surface area (Å²) < 4.78 is 16.1. The maximum atomic E-state index is 12.3. The number of nitrogens with one attached hydrogen (secondary N) is 2. The first-order chi connectivity index (χ1) is 15.6. The molecule has 0 aliphatic carbocycles. The van der Waals surface area contributed by atoms with Gasteiger partial charge in [-0.25, -0.2) is 0 Å². The number of methoxy groups -OCH3 is 2. The second-order valence-corrected chi connectivity index (χ2v) is 7.68. The highest BCUT2D eigenvalue weighted by Crippen LogP contribution is 2.32. The van der Waals surface area contributed by atoms with Crippen molar-refractivity contribution >= 4 is 46.7 Å². The van der Waals surface area contributed by atoms with Gasteiger partial charge in [0.15, 0.2) is 23.0 Å². The fraction of sp³-hybridized carbons (Fsp3) is 0.0833. The van der Waals surface area contributed by atoms with Crippen molar-refractivity contribution in [3.05, 3.63) is 76.2 Å². The van der Waals surface area contributed by atoms with Crippen LogP contribution in [0.25, 0.3) is 12.2 Å². The van der Waals surface area contributed by atoms with Crippen LogP contribution in [0.1, 0.15) is 10.4 Å². The van der Waals surface area contributed by atoms with E-state index in [0.29, 0.717) is 28.6 Å². The van der Waals surface area contributed by atoms with E-state index in [9.17, 15) is 9.59 Å². The highest BCUT2D eigenvalue weighted by molar-refractivity contribution is 7.11. The Morgan fingerprint density at radius 1 is 1.09 bits per heavy atom. The lowest BCUT2D eigenvalue weighted by Crippen LogP contribution is -2.23.